The van der Waals surface area contributed by atoms with Crippen LogP contribution in [0.15, 0.2) is 124 Å². The molecule has 0 atom stereocenters. The Bertz CT molecular complexity index is 1290. The first kappa shape index (κ1) is 21.5. The second-order valence-corrected chi connectivity index (χ2v) is 8.18. The number of rotatable bonds is 7. The quantitative estimate of drug-likeness (QED) is 0.303. The molecule has 4 nitrogen and oxygen atoms in total. The fourth-order valence-corrected chi connectivity index (χ4v) is 3.89. The molecule has 1 aliphatic rings. The lowest BCUT2D eigenvalue weighted by Crippen LogP contribution is -2.27. The Balaban J connectivity index is 1.22. The lowest BCUT2D eigenvalue weighted by Gasteiger charge is -2.20. The number of benzene rings is 4. The lowest BCUT2D eigenvalue weighted by atomic mass is 10.1. The maximum absolute atomic E-state index is 4.77. The Morgan fingerprint density at radius 3 is 1.74 bits per heavy atom. The van der Waals surface area contributed by atoms with Gasteiger partial charge >= 0.3 is 0 Å². The number of hydrogen-bond donors (Lipinski definition) is 0. The summed E-state index contributed by atoms with van der Waals surface area (Å²) in [7, 11) is 0. The largest absolute Gasteiger partial charge is 0.350 e. The van der Waals surface area contributed by atoms with Gasteiger partial charge in [0.2, 0.25) is 0 Å². The van der Waals surface area contributed by atoms with Crippen LogP contribution in [0.2, 0.25) is 0 Å². The van der Waals surface area contributed by atoms with Gasteiger partial charge < -0.3 is 4.90 Å². The fraction of sp³-hybridized carbons (Fsp3) is 0.100. The van der Waals surface area contributed by atoms with E-state index < -0.39 is 0 Å². The van der Waals surface area contributed by atoms with Crippen molar-refractivity contribution in [3.8, 4) is 0 Å². The summed E-state index contributed by atoms with van der Waals surface area (Å²) in [4.78, 5) is 16.3. The van der Waals surface area contributed by atoms with Crippen LogP contribution in [-0.4, -0.2) is 36.3 Å². The van der Waals surface area contributed by atoms with Crippen LogP contribution in [-0.2, 0) is 6.54 Å². The summed E-state index contributed by atoms with van der Waals surface area (Å²) in [6.45, 7) is 2.58. The second-order valence-electron chi connectivity index (χ2n) is 8.18. The summed E-state index contributed by atoms with van der Waals surface area (Å²) < 4.78 is 0. The van der Waals surface area contributed by atoms with Gasteiger partial charge in [0.1, 0.15) is 5.84 Å². The molecule has 0 bridgehead atoms. The van der Waals surface area contributed by atoms with Gasteiger partial charge in [-0.3, -0.25) is 15.0 Å². The molecule has 4 aromatic rings. The normalized spacial score (nSPS) is 13.6. The third-order valence-corrected chi connectivity index (χ3v) is 5.69. The van der Waals surface area contributed by atoms with Gasteiger partial charge in [0.05, 0.1) is 17.9 Å². The maximum Gasteiger partial charge on any atom is 0.131 e. The van der Waals surface area contributed by atoms with E-state index in [2.05, 4.69) is 51.3 Å². The smallest absolute Gasteiger partial charge is 0.131 e. The predicted molar refractivity (Wildman–Crippen MR) is 142 cm³/mol. The van der Waals surface area contributed by atoms with Crippen molar-refractivity contribution in [3.63, 3.8) is 0 Å². The maximum atomic E-state index is 4.77. The minimum atomic E-state index is 0.822. The van der Waals surface area contributed by atoms with Gasteiger partial charge in [0.25, 0.3) is 0 Å². The Kier molecular flexibility index (Phi) is 6.67. The Morgan fingerprint density at radius 2 is 1.18 bits per heavy atom. The molecule has 0 saturated carbocycles. The Labute approximate surface area is 200 Å². The summed E-state index contributed by atoms with van der Waals surface area (Å²) in [5.74, 6) is 1.05. The van der Waals surface area contributed by atoms with E-state index in [1.807, 2.05) is 85.2 Å². The number of hydrogen-bond acceptors (Lipinski definition) is 4. The molecule has 0 spiro atoms. The SMILES string of the molecule is C(=Nc1ccc(CN2CCN=C2c2ccc(N=Cc3ccccc3)cc2)cc1)c1ccccc1. The average Bonchev–Trinajstić information content (AvgIpc) is 3.37. The highest BCUT2D eigenvalue weighted by molar-refractivity contribution is 6.00. The Morgan fingerprint density at radius 1 is 0.647 bits per heavy atom. The molecule has 166 valence electrons. The molecular weight excluding hydrogens is 416 g/mol. The van der Waals surface area contributed by atoms with Crippen molar-refractivity contribution >= 4 is 29.6 Å². The zero-order valence-electron chi connectivity index (χ0n) is 19.0. The molecule has 0 radical (unpaired) electrons. The van der Waals surface area contributed by atoms with Crippen molar-refractivity contribution < 1.29 is 0 Å². The molecule has 1 heterocycles. The fourth-order valence-electron chi connectivity index (χ4n) is 3.89. The van der Waals surface area contributed by atoms with Gasteiger partial charge in [-0.15, -0.1) is 0 Å². The molecule has 4 aromatic carbocycles. The van der Waals surface area contributed by atoms with E-state index in [4.69, 9.17) is 4.99 Å². The Hall–Kier alpha value is -4.31. The molecule has 1 aliphatic heterocycles. The highest BCUT2D eigenvalue weighted by Crippen LogP contribution is 2.20. The molecule has 0 aliphatic carbocycles. The topological polar surface area (TPSA) is 40.3 Å². The molecule has 0 unspecified atom stereocenters. The molecule has 4 heteroatoms. The van der Waals surface area contributed by atoms with E-state index in [0.717, 1.165) is 53.5 Å². The van der Waals surface area contributed by atoms with Crippen LogP contribution in [0, 0.1) is 0 Å². The van der Waals surface area contributed by atoms with Crippen molar-refractivity contribution in [1.82, 2.24) is 4.90 Å². The number of amidine groups is 1. The minimum absolute atomic E-state index is 0.822. The summed E-state index contributed by atoms with van der Waals surface area (Å²) >= 11 is 0. The van der Waals surface area contributed by atoms with Gasteiger partial charge in [-0.2, -0.15) is 0 Å². The van der Waals surface area contributed by atoms with Crippen LogP contribution in [0.1, 0.15) is 22.3 Å². The van der Waals surface area contributed by atoms with Crippen molar-refractivity contribution in [3.05, 3.63) is 131 Å². The zero-order chi connectivity index (χ0) is 23.0. The summed E-state index contributed by atoms with van der Waals surface area (Å²) in [5.41, 5.74) is 6.45. The van der Waals surface area contributed by atoms with E-state index in [9.17, 15) is 0 Å². The van der Waals surface area contributed by atoms with Gasteiger partial charge in [-0.05, 0) is 53.1 Å². The zero-order valence-corrected chi connectivity index (χ0v) is 19.0. The number of aliphatic imine (C=N–C) groups is 3. The molecule has 5 rings (SSSR count). The molecule has 0 N–H and O–H groups in total. The summed E-state index contributed by atoms with van der Waals surface area (Å²) in [6, 6.07) is 37.0. The van der Waals surface area contributed by atoms with E-state index in [-0.39, 0.29) is 0 Å². The monoisotopic (exact) mass is 442 g/mol. The second kappa shape index (κ2) is 10.5. The van der Waals surface area contributed by atoms with Gasteiger partial charge in [-0.25, -0.2) is 0 Å². The van der Waals surface area contributed by atoms with Crippen molar-refractivity contribution in [2.75, 3.05) is 13.1 Å². The molecular formula is C30H26N4. The van der Waals surface area contributed by atoms with Crippen LogP contribution in [0.4, 0.5) is 11.4 Å². The lowest BCUT2D eigenvalue weighted by molar-refractivity contribution is 0.453. The highest BCUT2D eigenvalue weighted by Gasteiger charge is 2.18. The summed E-state index contributed by atoms with van der Waals surface area (Å²) in [5, 5.41) is 0. The van der Waals surface area contributed by atoms with Crippen LogP contribution in [0.3, 0.4) is 0 Å². The van der Waals surface area contributed by atoms with E-state index >= 15 is 0 Å². The highest BCUT2D eigenvalue weighted by atomic mass is 15.2. The van der Waals surface area contributed by atoms with E-state index in [1.165, 1.54) is 5.56 Å². The molecule has 0 aromatic heterocycles. The van der Waals surface area contributed by atoms with Crippen LogP contribution >= 0.6 is 0 Å². The first-order valence-corrected chi connectivity index (χ1v) is 11.5. The van der Waals surface area contributed by atoms with E-state index in [1.54, 1.807) is 0 Å². The molecule has 0 fully saturated rings. The van der Waals surface area contributed by atoms with Gasteiger partial charge in [0.15, 0.2) is 0 Å². The van der Waals surface area contributed by atoms with Crippen molar-refractivity contribution in [2.24, 2.45) is 15.0 Å². The minimum Gasteiger partial charge on any atom is -0.350 e. The third kappa shape index (κ3) is 5.54. The first-order valence-electron chi connectivity index (χ1n) is 11.5. The van der Waals surface area contributed by atoms with Crippen LogP contribution in [0.25, 0.3) is 0 Å². The number of nitrogens with zero attached hydrogens (tertiary/aromatic N) is 4. The van der Waals surface area contributed by atoms with Crippen molar-refractivity contribution in [2.45, 2.75) is 6.54 Å². The summed E-state index contributed by atoms with van der Waals surface area (Å²) in [6.07, 6.45) is 3.79. The first-order chi connectivity index (χ1) is 16.8. The average molecular weight is 443 g/mol. The molecule has 34 heavy (non-hydrogen) atoms. The van der Waals surface area contributed by atoms with Gasteiger partial charge in [0, 0.05) is 31.1 Å². The van der Waals surface area contributed by atoms with E-state index in [0.29, 0.717) is 0 Å². The van der Waals surface area contributed by atoms with Crippen LogP contribution < -0.4 is 0 Å². The third-order valence-electron chi connectivity index (χ3n) is 5.69. The van der Waals surface area contributed by atoms with Gasteiger partial charge in [-0.1, -0.05) is 72.8 Å². The molecule has 0 saturated heterocycles. The molecule has 0 amide bonds. The van der Waals surface area contributed by atoms with Crippen molar-refractivity contribution in [1.29, 1.82) is 0 Å². The standard InChI is InChI=1S/C30H26N4/c1-3-7-24(8-4-1)21-32-28-15-11-26(12-16-28)23-34-20-19-31-30(34)27-13-17-29(18-14-27)33-22-25-9-5-2-6-10-25/h1-18,21-22H,19-20,23H2. The van der Waals surface area contributed by atoms with Crippen LogP contribution in [0.5, 0.6) is 0 Å². The predicted octanol–water partition coefficient (Wildman–Crippen LogP) is 6.45.